The molecule has 0 aliphatic rings. The molecule has 1 aromatic carbocycles. The van der Waals surface area contributed by atoms with E-state index in [2.05, 4.69) is 68.7 Å². The topological polar surface area (TPSA) is 24.9 Å². The Kier molecular flexibility index (Phi) is 5.32. The Morgan fingerprint density at radius 3 is 2.35 bits per heavy atom. The number of nitrogens with one attached hydrogen (secondary N) is 1. The van der Waals surface area contributed by atoms with Crippen molar-refractivity contribution in [2.75, 3.05) is 0 Å². The number of nitrogens with zero attached hydrogens (tertiary/aromatic N) is 1. The first-order valence-corrected chi connectivity index (χ1v) is 8.19. The van der Waals surface area contributed by atoms with Crippen LogP contribution in [-0.2, 0) is 6.42 Å². The van der Waals surface area contributed by atoms with Gasteiger partial charge in [0.25, 0.3) is 0 Å². The Morgan fingerprint density at radius 1 is 1.10 bits per heavy atom. The number of hydrogen-bond acceptors (Lipinski definition) is 3. The summed E-state index contributed by atoms with van der Waals surface area (Å²) in [6.45, 7) is 8.77. The molecule has 1 atom stereocenters. The van der Waals surface area contributed by atoms with Gasteiger partial charge in [-0.05, 0) is 17.9 Å². The van der Waals surface area contributed by atoms with E-state index in [1.807, 2.05) is 0 Å². The van der Waals surface area contributed by atoms with Gasteiger partial charge in [-0.3, -0.25) is 0 Å². The summed E-state index contributed by atoms with van der Waals surface area (Å²) in [5, 5.41) is 7.04. The molecule has 2 nitrogen and oxygen atoms in total. The zero-order valence-electron chi connectivity index (χ0n) is 12.8. The van der Waals surface area contributed by atoms with Crippen molar-refractivity contribution in [3.8, 4) is 0 Å². The van der Waals surface area contributed by atoms with Crippen LogP contribution in [0.5, 0.6) is 0 Å². The fourth-order valence-corrected chi connectivity index (χ4v) is 3.24. The number of benzene rings is 1. The number of aromatic nitrogens is 1. The van der Waals surface area contributed by atoms with Gasteiger partial charge in [-0.1, -0.05) is 58.0 Å². The average Bonchev–Trinajstić information content (AvgIpc) is 2.88. The molecule has 1 heterocycles. The van der Waals surface area contributed by atoms with Gasteiger partial charge in [0, 0.05) is 11.4 Å². The van der Waals surface area contributed by atoms with Gasteiger partial charge in [-0.2, -0.15) is 0 Å². The lowest BCUT2D eigenvalue weighted by Crippen LogP contribution is -2.29. The van der Waals surface area contributed by atoms with Gasteiger partial charge in [-0.25, -0.2) is 4.98 Å². The Morgan fingerprint density at radius 2 is 1.80 bits per heavy atom. The third-order valence-electron chi connectivity index (χ3n) is 3.25. The zero-order chi connectivity index (χ0) is 14.5. The van der Waals surface area contributed by atoms with Crippen molar-refractivity contribution in [1.29, 1.82) is 0 Å². The predicted octanol–water partition coefficient (Wildman–Crippen LogP) is 4.55. The molecule has 20 heavy (non-hydrogen) atoms. The first kappa shape index (κ1) is 15.2. The van der Waals surface area contributed by atoms with E-state index in [0.29, 0.717) is 18.0 Å². The van der Waals surface area contributed by atoms with Crippen LogP contribution in [0.3, 0.4) is 0 Å². The third kappa shape index (κ3) is 4.15. The van der Waals surface area contributed by atoms with Crippen LogP contribution in [0.25, 0.3) is 0 Å². The standard InChI is InChI=1S/C17H24N2S/c1-12(2)16-11-20-17(19-16)15(18-13(3)4)10-14-8-6-5-7-9-14/h5-9,11-13,15,18H,10H2,1-4H3. The lowest BCUT2D eigenvalue weighted by molar-refractivity contribution is 0.472. The maximum absolute atomic E-state index is 4.82. The Labute approximate surface area is 126 Å². The summed E-state index contributed by atoms with van der Waals surface area (Å²) in [7, 11) is 0. The van der Waals surface area contributed by atoms with Gasteiger partial charge < -0.3 is 5.32 Å². The van der Waals surface area contributed by atoms with Gasteiger partial charge in [0.15, 0.2) is 0 Å². The number of thiazole rings is 1. The molecule has 0 saturated carbocycles. The Balaban J connectivity index is 2.18. The summed E-state index contributed by atoms with van der Waals surface area (Å²) in [6.07, 6.45) is 0.990. The predicted molar refractivity (Wildman–Crippen MR) is 87.4 cm³/mol. The van der Waals surface area contributed by atoms with E-state index in [4.69, 9.17) is 4.98 Å². The van der Waals surface area contributed by atoms with Gasteiger partial charge in [0.2, 0.25) is 0 Å². The first-order valence-electron chi connectivity index (χ1n) is 7.31. The van der Waals surface area contributed by atoms with Crippen LogP contribution in [0, 0.1) is 0 Å². The Bertz CT molecular complexity index is 517. The lowest BCUT2D eigenvalue weighted by Gasteiger charge is -2.19. The van der Waals surface area contributed by atoms with E-state index in [1.54, 1.807) is 11.3 Å². The molecule has 2 aromatic rings. The zero-order valence-corrected chi connectivity index (χ0v) is 13.6. The van der Waals surface area contributed by atoms with Crippen molar-refractivity contribution < 1.29 is 0 Å². The molecule has 1 aromatic heterocycles. The van der Waals surface area contributed by atoms with E-state index in [1.165, 1.54) is 16.3 Å². The smallest absolute Gasteiger partial charge is 0.110 e. The average molecular weight is 288 g/mol. The normalized spacial score (nSPS) is 13.1. The van der Waals surface area contributed by atoms with Gasteiger partial charge in [0.05, 0.1) is 11.7 Å². The van der Waals surface area contributed by atoms with Crippen LogP contribution in [0.2, 0.25) is 0 Å². The van der Waals surface area contributed by atoms with Crippen molar-refractivity contribution in [3.63, 3.8) is 0 Å². The molecule has 2 rings (SSSR count). The minimum atomic E-state index is 0.301. The molecular formula is C17H24N2S. The summed E-state index contributed by atoms with van der Waals surface area (Å²) in [5.74, 6) is 0.497. The number of hydrogen-bond donors (Lipinski definition) is 1. The molecule has 0 aliphatic heterocycles. The summed E-state index contributed by atoms with van der Waals surface area (Å²) < 4.78 is 0. The van der Waals surface area contributed by atoms with Crippen molar-refractivity contribution in [2.45, 2.75) is 52.1 Å². The van der Waals surface area contributed by atoms with Gasteiger partial charge in [-0.15, -0.1) is 11.3 Å². The van der Waals surface area contributed by atoms with Crippen molar-refractivity contribution in [2.24, 2.45) is 0 Å². The molecular weight excluding hydrogens is 264 g/mol. The summed E-state index contributed by atoms with van der Waals surface area (Å²) in [4.78, 5) is 4.82. The highest BCUT2D eigenvalue weighted by molar-refractivity contribution is 7.09. The minimum Gasteiger partial charge on any atom is -0.305 e. The maximum atomic E-state index is 4.82. The van der Waals surface area contributed by atoms with E-state index in [9.17, 15) is 0 Å². The molecule has 0 saturated heterocycles. The molecule has 108 valence electrons. The van der Waals surface area contributed by atoms with Gasteiger partial charge in [0.1, 0.15) is 5.01 Å². The molecule has 0 bridgehead atoms. The quantitative estimate of drug-likeness (QED) is 0.843. The highest BCUT2D eigenvalue weighted by Gasteiger charge is 2.17. The minimum absolute atomic E-state index is 0.301. The van der Waals surface area contributed by atoms with Crippen LogP contribution in [-0.4, -0.2) is 11.0 Å². The van der Waals surface area contributed by atoms with E-state index in [-0.39, 0.29) is 0 Å². The second-order valence-electron chi connectivity index (χ2n) is 5.83. The molecule has 1 unspecified atom stereocenters. The SMILES string of the molecule is CC(C)NC(Cc1ccccc1)c1nc(C(C)C)cs1. The van der Waals surface area contributed by atoms with E-state index >= 15 is 0 Å². The van der Waals surface area contributed by atoms with E-state index in [0.717, 1.165) is 6.42 Å². The fourth-order valence-electron chi connectivity index (χ4n) is 2.20. The summed E-state index contributed by atoms with van der Waals surface area (Å²) in [6, 6.07) is 11.4. The highest BCUT2D eigenvalue weighted by Crippen LogP contribution is 2.25. The second-order valence-corrected chi connectivity index (χ2v) is 6.72. The van der Waals surface area contributed by atoms with E-state index < -0.39 is 0 Å². The van der Waals surface area contributed by atoms with Crippen LogP contribution in [0.1, 0.15) is 55.9 Å². The first-order chi connectivity index (χ1) is 9.56. The number of rotatable bonds is 6. The van der Waals surface area contributed by atoms with Crippen LogP contribution in [0.15, 0.2) is 35.7 Å². The molecule has 3 heteroatoms. The summed E-state index contributed by atoms with van der Waals surface area (Å²) >= 11 is 1.77. The Hall–Kier alpha value is -1.19. The van der Waals surface area contributed by atoms with Gasteiger partial charge >= 0.3 is 0 Å². The molecule has 0 amide bonds. The van der Waals surface area contributed by atoms with Crippen molar-refractivity contribution in [1.82, 2.24) is 10.3 Å². The molecule has 0 aliphatic carbocycles. The fraction of sp³-hybridized carbons (Fsp3) is 0.471. The summed E-state index contributed by atoms with van der Waals surface area (Å²) in [5.41, 5.74) is 2.56. The highest BCUT2D eigenvalue weighted by atomic mass is 32.1. The molecule has 0 fully saturated rings. The third-order valence-corrected chi connectivity index (χ3v) is 4.22. The maximum Gasteiger partial charge on any atom is 0.110 e. The second kappa shape index (κ2) is 7.00. The lowest BCUT2D eigenvalue weighted by atomic mass is 10.1. The monoisotopic (exact) mass is 288 g/mol. The van der Waals surface area contributed by atoms with Crippen molar-refractivity contribution >= 4 is 11.3 Å². The van der Waals surface area contributed by atoms with Crippen LogP contribution < -0.4 is 5.32 Å². The largest absolute Gasteiger partial charge is 0.305 e. The molecule has 1 N–H and O–H groups in total. The molecule has 0 spiro atoms. The van der Waals surface area contributed by atoms with Crippen LogP contribution in [0.4, 0.5) is 0 Å². The molecule has 0 radical (unpaired) electrons. The van der Waals surface area contributed by atoms with Crippen molar-refractivity contribution in [3.05, 3.63) is 52.0 Å². The van der Waals surface area contributed by atoms with Crippen LogP contribution >= 0.6 is 11.3 Å².